The van der Waals surface area contributed by atoms with Crippen molar-refractivity contribution in [3.8, 4) is 5.75 Å². The maximum absolute atomic E-state index is 13.5. The molecule has 0 N–H and O–H groups in total. The fourth-order valence-corrected chi connectivity index (χ4v) is 1.67. The van der Waals surface area contributed by atoms with Gasteiger partial charge in [-0.1, -0.05) is 6.07 Å². The Kier molecular flexibility index (Phi) is 3.93. The monoisotopic (exact) mass is 302 g/mol. The van der Waals surface area contributed by atoms with E-state index in [0.717, 1.165) is 42.5 Å². The molecule has 0 aromatic heterocycles. The molecule has 2 rings (SSSR count). The summed E-state index contributed by atoms with van der Waals surface area (Å²) in [5.74, 6) is -3.59. The van der Waals surface area contributed by atoms with Crippen LogP contribution in [0.2, 0.25) is 0 Å². The molecule has 0 atom stereocenters. The average molecular weight is 302 g/mol. The number of ether oxygens (including phenoxy) is 1. The highest BCUT2D eigenvalue weighted by atomic mass is 19.4. The van der Waals surface area contributed by atoms with Crippen LogP contribution in [0.15, 0.2) is 42.5 Å². The van der Waals surface area contributed by atoms with Gasteiger partial charge in [-0.15, -0.1) is 13.2 Å². The zero-order chi connectivity index (χ0) is 15.6. The zero-order valence-corrected chi connectivity index (χ0v) is 10.2. The van der Waals surface area contributed by atoms with E-state index in [2.05, 4.69) is 4.74 Å². The molecule has 2 nitrogen and oxygen atoms in total. The SMILES string of the molecule is O=C(c1ccc(OC(F)(F)F)cc1)c1c(F)cccc1F. The molecule has 0 aliphatic carbocycles. The van der Waals surface area contributed by atoms with E-state index in [-0.39, 0.29) is 5.56 Å². The Bertz CT molecular complexity index is 642. The van der Waals surface area contributed by atoms with Gasteiger partial charge in [0, 0.05) is 5.56 Å². The molecule has 110 valence electrons. The molecule has 0 fully saturated rings. The zero-order valence-electron chi connectivity index (χ0n) is 10.2. The number of carbonyl (C=O) groups excluding carboxylic acids is 1. The minimum atomic E-state index is -4.86. The molecule has 0 spiro atoms. The first-order valence-electron chi connectivity index (χ1n) is 5.62. The van der Waals surface area contributed by atoms with Crippen molar-refractivity contribution < 1.29 is 31.5 Å². The van der Waals surface area contributed by atoms with E-state index < -0.39 is 35.1 Å². The molecule has 0 saturated heterocycles. The number of rotatable bonds is 3. The van der Waals surface area contributed by atoms with Crippen molar-refractivity contribution in [2.45, 2.75) is 6.36 Å². The maximum atomic E-state index is 13.5. The van der Waals surface area contributed by atoms with Gasteiger partial charge in [-0.2, -0.15) is 0 Å². The number of hydrogen-bond donors (Lipinski definition) is 0. The van der Waals surface area contributed by atoms with Crippen molar-refractivity contribution in [3.63, 3.8) is 0 Å². The van der Waals surface area contributed by atoms with Crippen LogP contribution in [-0.4, -0.2) is 12.1 Å². The van der Waals surface area contributed by atoms with Crippen LogP contribution in [0, 0.1) is 11.6 Å². The van der Waals surface area contributed by atoms with Gasteiger partial charge in [-0.25, -0.2) is 8.78 Å². The average Bonchev–Trinajstić information content (AvgIpc) is 2.37. The molecule has 0 saturated carbocycles. The highest BCUT2D eigenvalue weighted by Crippen LogP contribution is 2.24. The van der Waals surface area contributed by atoms with Crippen molar-refractivity contribution in [1.29, 1.82) is 0 Å². The Labute approximate surface area is 115 Å². The van der Waals surface area contributed by atoms with Crippen LogP contribution in [0.3, 0.4) is 0 Å². The predicted molar refractivity (Wildman–Crippen MR) is 62.9 cm³/mol. The van der Waals surface area contributed by atoms with Crippen LogP contribution in [0.25, 0.3) is 0 Å². The second kappa shape index (κ2) is 5.51. The summed E-state index contributed by atoms with van der Waals surface area (Å²) in [6, 6.07) is 6.69. The third-order valence-electron chi connectivity index (χ3n) is 2.54. The Morgan fingerprint density at radius 2 is 1.43 bits per heavy atom. The number of ketones is 1. The van der Waals surface area contributed by atoms with Gasteiger partial charge in [0.1, 0.15) is 17.4 Å². The first-order chi connectivity index (χ1) is 9.78. The third-order valence-corrected chi connectivity index (χ3v) is 2.54. The van der Waals surface area contributed by atoms with Gasteiger partial charge in [0.25, 0.3) is 0 Å². The van der Waals surface area contributed by atoms with Gasteiger partial charge >= 0.3 is 6.36 Å². The first-order valence-corrected chi connectivity index (χ1v) is 5.62. The lowest BCUT2D eigenvalue weighted by molar-refractivity contribution is -0.274. The van der Waals surface area contributed by atoms with Crippen LogP contribution >= 0.6 is 0 Å². The number of halogens is 5. The standard InChI is InChI=1S/C14H7F5O2/c15-10-2-1-3-11(16)12(10)13(20)8-4-6-9(7-5-8)21-14(17,18)19/h1-7H. The summed E-state index contributed by atoms with van der Waals surface area (Å²) in [6.07, 6.45) is -4.86. The lowest BCUT2D eigenvalue weighted by Crippen LogP contribution is -2.17. The summed E-state index contributed by atoms with van der Waals surface area (Å²) in [4.78, 5) is 11.9. The number of carbonyl (C=O) groups is 1. The quantitative estimate of drug-likeness (QED) is 0.630. The molecule has 0 heterocycles. The molecule has 0 amide bonds. The van der Waals surface area contributed by atoms with Crippen LogP contribution in [0.1, 0.15) is 15.9 Å². The molecule has 0 aliphatic rings. The van der Waals surface area contributed by atoms with Crippen molar-refractivity contribution >= 4 is 5.78 Å². The van der Waals surface area contributed by atoms with Crippen LogP contribution < -0.4 is 4.74 Å². The van der Waals surface area contributed by atoms with Gasteiger partial charge in [-0.3, -0.25) is 4.79 Å². The van der Waals surface area contributed by atoms with Gasteiger partial charge < -0.3 is 4.74 Å². The van der Waals surface area contributed by atoms with Gasteiger partial charge in [0.05, 0.1) is 5.56 Å². The van der Waals surface area contributed by atoms with E-state index in [1.165, 1.54) is 0 Å². The molecular formula is C14H7F5O2. The summed E-state index contributed by atoms with van der Waals surface area (Å²) in [7, 11) is 0. The molecule has 0 aliphatic heterocycles. The summed E-state index contributed by atoms with van der Waals surface area (Å²) >= 11 is 0. The highest BCUT2D eigenvalue weighted by Gasteiger charge is 2.31. The highest BCUT2D eigenvalue weighted by molar-refractivity contribution is 6.09. The third kappa shape index (κ3) is 3.56. The molecule has 7 heteroatoms. The second-order valence-corrected chi connectivity index (χ2v) is 4.00. The van der Waals surface area contributed by atoms with E-state index >= 15 is 0 Å². The van der Waals surface area contributed by atoms with Crippen molar-refractivity contribution in [3.05, 3.63) is 65.2 Å². The molecule has 0 bridgehead atoms. The van der Waals surface area contributed by atoms with E-state index in [1.807, 2.05) is 0 Å². The first kappa shape index (κ1) is 15.0. The molecule has 2 aromatic rings. The summed E-state index contributed by atoms with van der Waals surface area (Å²) in [5, 5.41) is 0. The smallest absolute Gasteiger partial charge is 0.406 e. The Morgan fingerprint density at radius 1 is 0.905 bits per heavy atom. The van der Waals surface area contributed by atoms with Crippen molar-refractivity contribution in [2.24, 2.45) is 0 Å². The topological polar surface area (TPSA) is 26.3 Å². The fraction of sp³-hybridized carbons (Fsp3) is 0.0714. The van der Waals surface area contributed by atoms with Gasteiger partial charge in [0.2, 0.25) is 0 Å². The summed E-state index contributed by atoms with van der Waals surface area (Å²) in [6.45, 7) is 0. The number of hydrogen-bond acceptors (Lipinski definition) is 2. The Morgan fingerprint density at radius 3 is 1.90 bits per heavy atom. The van der Waals surface area contributed by atoms with E-state index in [0.29, 0.717) is 0 Å². The molecule has 2 aromatic carbocycles. The molecular weight excluding hydrogens is 295 g/mol. The minimum Gasteiger partial charge on any atom is -0.406 e. The van der Waals surface area contributed by atoms with E-state index in [1.54, 1.807) is 0 Å². The van der Waals surface area contributed by atoms with Crippen LogP contribution in [0.5, 0.6) is 5.75 Å². The van der Waals surface area contributed by atoms with E-state index in [4.69, 9.17) is 0 Å². The normalized spacial score (nSPS) is 11.3. The largest absolute Gasteiger partial charge is 0.573 e. The Balaban J connectivity index is 2.29. The summed E-state index contributed by atoms with van der Waals surface area (Å²) in [5.41, 5.74) is -0.921. The van der Waals surface area contributed by atoms with Crippen molar-refractivity contribution in [1.82, 2.24) is 0 Å². The lowest BCUT2D eigenvalue weighted by atomic mass is 10.0. The molecule has 0 unspecified atom stereocenters. The van der Waals surface area contributed by atoms with Gasteiger partial charge in [0.15, 0.2) is 5.78 Å². The minimum absolute atomic E-state index is 0.159. The fourth-order valence-electron chi connectivity index (χ4n) is 1.67. The Hall–Kier alpha value is -2.44. The molecule has 21 heavy (non-hydrogen) atoms. The second-order valence-electron chi connectivity index (χ2n) is 4.00. The maximum Gasteiger partial charge on any atom is 0.573 e. The number of alkyl halides is 3. The van der Waals surface area contributed by atoms with Crippen molar-refractivity contribution in [2.75, 3.05) is 0 Å². The number of benzene rings is 2. The predicted octanol–water partition coefficient (Wildman–Crippen LogP) is 4.09. The van der Waals surface area contributed by atoms with E-state index in [9.17, 15) is 26.7 Å². The lowest BCUT2D eigenvalue weighted by Gasteiger charge is -2.09. The van der Waals surface area contributed by atoms with Crippen LogP contribution in [-0.2, 0) is 0 Å². The molecule has 0 radical (unpaired) electrons. The van der Waals surface area contributed by atoms with Gasteiger partial charge in [-0.05, 0) is 36.4 Å². The van der Waals surface area contributed by atoms with Crippen LogP contribution in [0.4, 0.5) is 22.0 Å². The summed E-state index contributed by atoms with van der Waals surface area (Å²) < 4.78 is 66.5.